The smallest absolute Gasteiger partial charge is 0.254 e. The molecule has 0 bridgehead atoms. The van der Waals surface area contributed by atoms with Crippen LogP contribution in [0, 0.1) is 5.92 Å². The summed E-state index contributed by atoms with van der Waals surface area (Å²) in [5.41, 5.74) is 3.81. The molecule has 0 radical (unpaired) electrons. The number of benzene rings is 2. The highest BCUT2D eigenvalue weighted by molar-refractivity contribution is 5.95. The minimum Gasteiger partial charge on any atom is -0.454 e. The Bertz CT molecular complexity index is 987. The number of nitrogens with one attached hydrogen (secondary N) is 1. The Balaban J connectivity index is 1.53. The highest BCUT2D eigenvalue weighted by atomic mass is 16.7. The molecule has 0 saturated carbocycles. The first-order valence-electron chi connectivity index (χ1n) is 10.0. The SMILES string of the molecule is C/C=C/c1ccc2c(c1)[C@H]1[C@H](CCN1C(=O)c1ccc3c(c1)OCO3)[C@H](CO)N2. The summed E-state index contributed by atoms with van der Waals surface area (Å²) in [6, 6.07) is 11.5. The zero-order valence-corrected chi connectivity index (χ0v) is 16.3. The molecule has 6 heteroatoms. The third-order valence-electron chi connectivity index (χ3n) is 6.13. The maximum atomic E-state index is 13.4. The number of ether oxygens (including phenoxy) is 2. The predicted octanol–water partition coefficient (Wildman–Crippen LogP) is 3.44. The van der Waals surface area contributed by atoms with Crippen molar-refractivity contribution in [1.29, 1.82) is 0 Å². The average molecular weight is 392 g/mol. The van der Waals surface area contributed by atoms with Gasteiger partial charge in [-0.25, -0.2) is 0 Å². The summed E-state index contributed by atoms with van der Waals surface area (Å²) in [6.45, 7) is 2.89. The van der Waals surface area contributed by atoms with E-state index >= 15 is 0 Å². The Morgan fingerprint density at radius 1 is 1.24 bits per heavy atom. The molecule has 3 atom stereocenters. The number of aliphatic hydroxyl groups is 1. The largest absolute Gasteiger partial charge is 0.454 e. The second-order valence-electron chi connectivity index (χ2n) is 7.74. The molecule has 29 heavy (non-hydrogen) atoms. The van der Waals surface area contributed by atoms with Gasteiger partial charge in [0.25, 0.3) is 5.91 Å². The standard InChI is InChI=1S/C23H24N2O4/c1-2-3-14-4-6-18-17(10-14)22-16(19(12-26)24-18)8-9-25(22)23(27)15-5-7-20-21(11-15)29-13-28-20/h2-7,10-11,16,19,22,24,26H,8-9,12-13H2,1H3/b3-2+/t16-,19+,22-/m1/s1. The molecule has 1 fully saturated rings. The van der Waals surface area contributed by atoms with Crippen LogP contribution in [-0.2, 0) is 0 Å². The molecule has 1 amide bonds. The Kier molecular flexibility index (Phi) is 4.43. The van der Waals surface area contributed by atoms with Gasteiger partial charge in [0.15, 0.2) is 11.5 Å². The van der Waals surface area contributed by atoms with E-state index in [2.05, 4.69) is 23.5 Å². The zero-order valence-electron chi connectivity index (χ0n) is 16.3. The highest BCUT2D eigenvalue weighted by Gasteiger charge is 2.45. The van der Waals surface area contributed by atoms with Gasteiger partial charge in [0.2, 0.25) is 6.79 Å². The van der Waals surface area contributed by atoms with Gasteiger partial charge in [-0.15, -0.1) is 0 Å². The number of hydrogen-bond donors (Lipinski definition) is 2. The third kappa shape index (κ3) is 2.95. The fraction of sp³-hybridized carbons (Fsp3) is 0.348. The second kappa shape index (κ2) is 7.12. The molecule has 6 nitrogen and oxygen atoms in total. The van der Waals surface area contributed by atoms with E-state index in [9.17, 15) is 9.90 Å². The summed E-state index contributed by atoms with van der Waals surface area (Å²) in [6.07, 6.45) is 4.93. The molecule has 0 aromatic heterocycles. The number of amides is 1. The maximum Gasteiger partial charge on any atom is 0.254 e. The summed E-state index contributed by atoms with van der Waals surface area (Å²) in [7, 11) is 0. The molecule has 3 heterocycles. The minimum atomic E-state index is -0.0634. The van der Waals surface area contributed by atoms with E-state index in [-0.39, 0.29) is 37.3 Å². The maximum absolute atomic E-state index is 13.4. The second-order valence-corrected chi connectivity index (χ2v) is 7.74. The van der Waals surface area contributed by atoms with Gasteiger partial charge >= 0.3 is 0 Å². The van der Waals surface area contributed by atoms with Crippen molar-refractivity contribution in [3.8, 4) is 11.5 Å². The van der Waals surface area contributed by atoms with Crippen LogP contribution >= 0.6 is 0 Å². The Labute approximate surface area is 169 Å². The third-order valence-corrected chi connectivity index (χ3v) is 6.13. The summed E-state index contributed by atoms with van der Waals surface area (Å²) < 4.78 is 10.8. The molecular formula is C23H24N2O4. The molecule has 2 aromatic carbocycles. The van der Waals surface area contributed by atoms with Crippen molar-refractivity contribution in [2.45, 2.75) is 25.4 Å². The molecule has 2 aromatic rings. The van der Waals surface area contributed by atoms with Crippen molar-refractivity contribution in [3.05, 3.63) is 59.2 Å². The van der Waals surface area contributed by atoms with Gasteiger partial charge in [-0.2, -0.15) is 0 Å². The minimum absolute atomic E-state index is 0.0169. The van der Waals surface area contributed by atoms with Crippen LogP contribution in [0.1, 0.15) is 40.9 Å². The van der Waals surface area contributed by atoms with E-state index < -0.39 is 0 Å². The van der Waals surface area contributed by atoms with Crippen LogP contribution in [0.3, 0.4) is 0 Å². The van der Waals surface area contributed by atoms with E-state index in [1.54, 1.807) is 18.2 Å². The monoisotopic (exact) mass is 392 g/mol. The first kappa shape index (κ1) is 18.1. The van der Waals surface area contributed by atoms with Crippen LogP contribution in [0.4, 0.5) is 5.69 Å². The Morgan fingerprint density at radius 3 is 2.93 bits per heavy atom. The molecule has 3 aliphatic heterocycles. The van der Waals surface area contributed by atoms with Crippen LogP contribution < -0.4 is 14.8 Å². The number of allylic oxidation sites excluding steroid dienone is 1. The molecule has 2 N–H and O–H groups in total. The molecule has 3 aliphatic rings. The summed E-state index contributed by atoms with van der Waals surface area (Å²) >= 11 is 0. The number of likely N-dealkylation sites (tertiary alicyclic amines) is 1. The first-order valence-corrected chi connectivity index (χ1v) is 10.0. The molecule has 0 unspecified atom stereocenters. The summed E-state index contributed by atoms with van der Waals surface area (Å²) in [5.74, 6) is 1.44. The number of rotatable bonds is 3. The van der Waals surface area contributed by atoms with Gasteiger partial charge in [0.05, 0.1) is 18.7 Å². The predicted molar refractivity (Wildman–Crippen MR) is 110 cm³/mol. The molecule has 0 spiro atoms. The van der Waals surface area contributed by atoms with Crippen molar-refractivity contribution in [1.82, 2.24) is 4.90 Å². The van der Waals surface area contributed by atoms with Gasteiger partial charge in [-0.3, -0.25) is 4.79 Å². The quantitative estimate of drug-likeness (QED) is 0.837. The van der Waals surface area contributed by atoms with Crippen LogP contribution in [0.25, 0.3) is 6.08 Å². The van der Waals surface area contributed by atoms with E-state index in [1.165, 1.54) is 0 Å². The number of aliphatic hydroxyl groups excluding tert-OH is 1. The van der Waals surface area contributed by atoms with Crippen LogP contribution in [0.15, 0.2) is 42.5 Å². The Morgan fingerprint density at radius 2 is 2.10 bits per heavy atom. The van der Waals surface area contributed by atoms with Gasteiger partial charge < -0.3 is 24.8 Å². The van der Waals surface area contributed by atoms with E-state index in [0.29, 0.717) is 23.6 Å². The number of hydrogen-bond acceptors (Lipinski definition) is 5. The van der Waals surface area contributed by atoms with Gasteiger partial charge in [-0.05, 0) is 54.8 Å². The fourth-order valence-corrected chi connectivity index (χ4v) is 4.80. The number of fused-ring (bicyclic) bond motifs is 4. The van der Waals surface area contributed by atoms with Crippen molar-refractivity contribution in [2.75, 3.05) is 25.3 Å². The number of anilines is 1. The molecule has 5 rings (SSSR count). The fourth-order valence-electron chi connectivity index (χ4n) is 4.80. The number of carbonyl (C=O) groups is 1. The van der Waals surface area contributed by atoms with E-state index in [0.717, 1.165) is 23.2 Å². The summed E-state index contributed by atoms with van der Waals surface area (Å²) in [5, 5.41) is 13.4. The van der Waals surface area contributed by atoms with E-state index in [1.807, 2.05) is 24.0 Å². The molecular weight excluding hydrogens is 368 g/mol. The van der Waals surface area contributed by atoms with Gasteiger partial charge in [0.1, 0.15) is 0 Å². The van der Waals surface area contributed by atoms with Crippen molar-refractivity contribution in [2.24, 2.45) is 5.92 Å². The molecule has 150 valence electrons. The zero-order chi connectivity index (χ0) is 20.0. The van der Waals surface area contributed by atoms with Crippen molar-refractivity contribution in [3.63, 3.8) is 0 Å². The first-order chi connectivity index (χ1) is 14.2. The highest BCUT2D eigenvalue weighted by Crippen LogP contribution is 2.47. The van der Waals surface area contributed by atoms with Gasteiger partial charge in [-0.1, -0.05) is 18.2 Å². The Hall–Kier alpha value is -2.99. The average Bonchev–Trinajstić information content (AvgIpc) is 3.39. The lowest BCUT2D eigenvalue weighted by atomic mass is 9.82. The van der Waals surface area contributed by atoms with E-state index in [4.69, 9.17) is 9.47 Å². The lowest BCUT2D eigenvalue weighted by Gasteiger charge is -2.39. The molecule has 1 saturated heterocycles. The van der Waals surface area contributed by atoms with Crippen LogP contribution in [0.5, 0.6) is 11.5 Å². The van der Waals surface area contributed by atoms with Crippen molar-refractivity contribution < 1.29 is 19.4 Å². The normalized spacial score (nSPS) is 24.3. The molecule has 0 aliphatic carbocycles. The van der Waals surface area contributed by atoms with Gasteiger partial charge in [0, 0.05) is 23.7 Å². The topological polar surface area (TPSA) is 71.0 Å². The van der Waals surface area contributed by atoms with Crippen LogP contribution in [0.2, 0.25) is 0 Å². The number of carbonyl (C=O) groups excluding carboxylic acids is 1. The summed E-state index contributed by atoms with van der Waals surface area (Å²) in [4.78, 5) is 15.4. The number of nitrogens with zero attached hydrogens (tertiary/aromatic N) is 1. The van der Waals surface area contributed by atoms with Crippen LogP contribution in [-0.4, -0.2) is 41.9 Å². The lowest BCUT2D eigenvalue weighted by molar-refractivity contribution is 0.0700. The lowest BCUT2D eigenvalue weighted by Crippen LogP contribution is -2.42. The van der Waals surface area contributed by atoms with Crippen molar-refractivity contribution >= 4 is 17.7 Å².